The van der Waals surface area contributed by atoms with E-state index in [1.807, 2.05) is 0 Å². The van der Waals surface area contributed by atoms with E-state index in [-0.39, 0.29) is 0 Å². The van der Waals surface area contributed by atoms with Gasteiger partial charge in [0.15, 0.2) is 5.82 Å². The maximum atomic E-state index is 13.4. The van der Waals surface area contributed by atoms with Crippen LogP contribution in [0.3, 0.4) is 0 Å². The number of hydrogen-bond acceptors (Lipinski definition) is 3. The van der Waals surface area contributed by atoms with Gasteiger partial charge in [0.1, 0.15) is 0 Å². The lowest BCUT2D eigenvalue weighted by atomic mass is 9.96. The minimum Gasteiger partial charge on any atom is -0.374 e. The molecule has 130 valence electrons. The summed E-state index contributed by atoms with van der Waals surface area (Å²) < 4.78 is 41.2. The van der Waals surface area contributed by atoms with Gasteiger partial charge >= 0.3 is 6.18 Å². The average Bonchev–Trinajstić information content (AvgIpc) is 2.93. The fourth-order valence-electron chi connectivity index (χ4n) is 2.42. The molecule has 24 heavy (non-hydrogen) atoms. The van der Waals surface area contributed by atoms with Crippen LogP contribution in [-0.4, -0.2) is 26.7 Å². The maximum Gasteiger partial charge on any atom is 0.425 e. The molecule has 2 rings (SSSR count). The molecule has 0 bridgehead atoms. The Morgan fingerprint density at radius 2 is 1.96 bits per heavy atom. The highest BCUT2D eigenvalue weighted by Crippen LogP contribution is 2.40. The SMILES string of the molecule is CC(NC(=O)CC(O)(c1nccn1C)C(F)(F)F)c1ccccc1. The summed E-state index contributed by atoms with van der Waals surface area (Å²) >= 11 is 0. The molecule has 1 heterocycles. The van der Waals surface area contributed by atoms with Crippen LogP contribution in [-0.2, 0) is 17.4 Å². The topological polar surface area (TPSA) is 67.2 Å². The van der Waals surface area contributed by atoms with Crippen molar-refractivity contribution in [3.63, 3.8) is 0 Å². The quantitative estimate of drug-likeness (QED) is 0.878. The molecule has 2 unspecified atom stereocenters. The summed E-state index contributed by atoms with van der Waals surface area (Å²) in [6, 6.07) is 8.33. The minimum atomic E-state index is -5.04. The fourth-order valence-corrected chi connectivity index (χ4v) is 2.42. The first-order chi connectivity index (χ1) is 11.1. The predicted molar refractivity (Wildman–Crippen MR) is 80.8 cm³/mol. The highest BCUT2D eigenvalue weighted by atomic mass is 19.4. The molecule has 2 atom stereocenters. The van der Waals surface area contributed by atoms with E-state index in [0.717, 1.165) is 16.3 Å². The molecule has 0 radical (unpaired) electrons. The number of hydrogen-bond donors (Lipinski definition) is 2. The number of nitrogens with one attached hydrogen (secondary N) is 1. The highest BCUT2D eigenvalue weighted by molar-refractivity contribution is 5.77. The molecule has 5 nitrogen and oxygen atoms in total. The number of alkyl halides is 3. The zero-order valence-electron chi connectivity index (χ0n) is 13.2. The van der Waals surface area contributed by atoms with Gasteiger partial charge in [0.2, 0.25) is 11.5 Å². The number of aromatic nitrogens is 2. The first-order valence-electron chi connectivity index (χ1n) is 7.26. The van der Waals surface area contributed by atoms with Gasteiger partial charge in [0, 0.05) is 19.4 Å². The van der Waals surface area contributed by atoms with E-state index in [4.69, 9.17) is 0 Å². The average molecular weight is 341 g/mol. The van der Waals surface area contributed by atoms with E-state index in [1.165, 1.54) is 13.2 Å². The fraction of sp³-hybridized carbons (Fsp3) is 0.375. The number of aryl methyl sites for hydroxylation is 1. The Morgan fingerprint density at radius 1 is 1.33 bits per heavy atom. The predicted octanol–water partition coefficient (Wildman–Crippen LogP) is 2.44. The molecule has 0 aliphatic rings. The molecule has 8 heteroatoms. The lowest BCUT2D eigenvalue weighted by molar-refractivity contribution is -0.271. The van der Waals surface area contributed by atoms with Crippen molar-refractivity contribution in [3.05, 3.63) is 54.1 Å². The van der Waals surface area contributed by atoms with E-state index in [2.05, 4.69) is 10.3 Å². The number of amides is 1. The minimum absolute atomic E-state index is 0.488. The van der Waals surface area contributed by atoms with Gasteiger partial charge in [-0.1, -0.05) is 30.3 Å². The molecule has 0 fully saturated rings. The zero-order chi connectivity index (χ0) is 18.0. The number of carbonyl (C=O) groups excluding carboxylic acids is 1. The zero-order valence-corrected chi connectivity index (χ0v) is 13.2. The molecular weight excluding hydrogens is 323 g/mol. The maximum absolute atomic E-state index is 13.4. The van der Waals surface area contributed by atoms with Crippen molar-refractivity contribution in [2.45, 2.75) is 31.2 Å². The summed E-state index contributed by atoms with van der Waals surface area (Å²) in [4.78, 5) is 15.6. The summed E-state index contributed by atoms with van der Waals surface area (Å²) in [6.07, 6.45) is -3.80. The number of imidazole rings is 1. The highest BCUT2D eigenvalue weighted by Gasteiger charge is 2.58. The van der Waals surface area contributed by atoms with Gasteiger partial charge in [-0.2, -0.15) is 13.2 Å². The monoisotopic (exact) mass is 341 g/mol. The second kappa shape index (κ2) is 6.64. The van der Waals surface area contributed by atoms with Crippen molar-refractivity contribution in [1.82, 2.24) is 14.9 Å². The summed E-state index contributed by atoms with van der Waals surface area (Å²) in [5.74, 6) is -1.55. The largest absolute Gasteiger partial charge is 0.425 e. The number of nitrogens with zero attached hydrogens (tertiary/aromatic N) is 2. The van der Waals surface area contributed by atoms with E-state index in [1.54, 1.807) is 37.3 Å². The van der Waals surface area contributed by atoms with Gasteiger partial charge in [0.05, 0.1) is 12.5 Å². The van der Waals surface area contributed by atoms with E-state index >= 15 is 0 Å². The second-order valence-corrected chi connectivity index (χ2v) is 5.60. The van der Waals surface area contributed by atoms with Crippen LogP contribution in [0.1, 0.15) is 30.8 Å². The van der Waals surface area contributed by atoms with Gasteiger partial charge in [0.25, 0.3) is 0 Å². The van der Waals surface area contributed by atoms with Crippen LogP contribution in [0.5, 0.6) is 0 Å². The Balaban J connectivity index is 2.19. The molecule has 2 aromatic rings. The van der Waals surface area contributed by atoms with Crippen LogP contribution in [0.4, 0.5) is 13.2 Å². The van der Waals surface area contributed by atoms with Gasteiger partial charge in [-0.05, 0) is 12.5 Å². The molecule has 0 saturated heterocycles. The molecule has 1 amide bonds. The number of rotatable bonds is 5. The molecule has 2 N–H and O–H groups in total. The van der Waals surface area contributed by atoms with Crippen LogP contribution >= 0.6 is 0 Å². The molecule has 0 aliphatic heterocycles. The molecule has 1 aromatic heterocycles. The lowest BCUT2D eigenvalue weighted by Gasteiger charge is -2.29. The van der Waals surface area contributed by atoms with Crippen molar-refractivity contribution < 1.29 is 23.1 Å². The van der Waals surface area contributed by atoms with Gasteiger partial charge in [-0.25, -0.2) is 4.98 Å². The van der Waals surface area contributed by atoms with E-state index in [9.17, 15) is 23.1 Å². The molecule has 1 aromatic carbocycles. The van der Waals surface area contributed by atoms with Crippen molar-refractivity contribution >= 4 is 5.91 Å². The van der Waals surface area contributed by atoms with Crippen LogP contribution in [0.25, 0.3) is 0 Å². The van der Waals surface area contributed by atoms with Gasteiger partial charge in [-0.15, -0.1) is 0 Å². The number of halogens is 3. The van der Waals surface area contributed by atoms with Crippen molar-refractivity contribution in [3.8, 4) is 0 Å². The smallest absolute Gasteiger partial charge is 0.374 e. The molecule has 0 aliphatic carbocycles. The van der Waals surface area contributed by atoms with Crippen LogP contribution in [0.15, 0.2) is 42.7 Å². The Hall–Kier alpha value is -2.35. The normalized spacial score (nSPS) is 15.6. The van der Waals surface area contributed by atoms with Gasteiger partial charge in [-0.3, -0.25) is 4.79 Å². The first-order valence-corrected chi connectivity index (χ1v) is 7.26. The van der Waals surface area contributed by atoms with Gasteiger partial charge < -0.3 is 15.0 Å². The molecule has 0 saturated carbocycles. The Labute approximate surface area is 137 Å². The molecular formula is C16H18F3N3O2. The van der Waals surface area contributed by atoms with E-state index < -0.39 is 36.0 Å². The number of aliphatic hydroxyl groups is 1. The third-order valence-electron chi connectivity index (χ3n) is 3.75. The van der Waals surface area contributed by atoms with Crippen LogP contribution in [0.2, 0.25) is 0 Å². The van der Waals surface area contributed by atoms with Crippen molar-refractivity contribution in [2.24, 2.45) is 7.05 Å². The summed E-state index contributed by atoms with van der Waals surface area (Å²) in [6.45, 7) is 1.65. The van der Waals surface area contributed by atoms with Crippen LogP contribution in [0, 0.1) is 0 Å². The van der Waals surface area contributed by atoms with E-state index in [0.29, 0.717) is 0 Å². The van der Waals surface area contributed by atoms with Crippen molar-refractivity contribution in [2.75, 3.05) is 0 Å². The number of benzene rings is 1. The first kappa shape index (κ1) is 18.0. The molecule has 0 spiro atoms. The van der Waals surface area contributed by atoms with Crippen molar-refractivity contribution in [1.29, 1.82) is 0 Å². The standard InChI is InChI=1S/C16H18F3N3O2/c1-11(12-6-4-3-5-7-12)21-13(23)10-15(24,16(17,18)19)14-20-8-9-22(14)2/h3-9,11,24H,10H2,1-2H3,(H,21,23). The third kappa shape index (κ3) is 3.59. The summed E-state index contributed by atoms with van der Waals surface area (Å²) in [7, 11) is 1.32. The third-order valence-corrected chi connectivity index (χ3v) is 3.75. The Bertz CT molecular complexity index is 700. The lowest BCUT2D eigenvalue weighted by Crippen LogP contribution is -2.48. The Morgan fingerprint density at radius 3 is 2.46 bits per heavy atom. The summed E-state index contributed by atoms with van der Waals surface area (Å²) in [5, 5.41) is 12.6. The Kier molecular flexibility index (Phi) is 4.98. The van der Waals surface area contributed by atoms with Crippen LogP contribution < -0.4 is 5.32 Å². The number of carbonyl (C=O) groups is 1. The second-order valence-electron chi connectivity index (χ2n) is 5.60. The summed E-state index contributed by atoms with van der Waals surface area (Å²) in [5.41, 5.74) is -2.61.